The molecule has 3 N–H and O–H groups in total. The van der Waals surface area contributed by atoms with Crippen LogP contribution >= 0.6 is 24.0 Å². The molecule has 31 heavy (non-hydrogen) atoms. The molecule has 0 aliphatic heterocycles. The van der Waals surface area contributed by atoms with E-state index in [9.17, 15) is 5.11 Å². The number of hydrogen-bond acceptors (Lipinski definition) is 4. The van der Waals surface area contributed by atoms with Crippen LogP contribution in [0.2, 0.25) is 0 Å². The number of aliphatic imine (C=N–C) groups is 1. The summed E-state index contributed by atoms with van der Waals surface area (Å²) in [5, 5.41) is 16.8. The maximum absolute atomic E-state index is 10.3. The summed E-state index contributed by atoms with van der Waals surface area (Å²) in [6.07, 6.45) is 0.955. The third kappa shape index (κ3) is 10.8. The summed E-state index contributed by atoms with van der Waals surface area (Å²) in [6.45, 7) is 7.02. The minimum Gasteiger partial charge on any atom is -0.493 e. The van der Waals surface area contributed by atoms with E-state index in [1.807, 2.05) is 43.3 Å². The molecule has 1 atom stereocenters. The molecular formula is C24H36IN3O3. The molecule has 0 saturated carbocycles. The quantitative estimate of drug-likeness (QED) is 0.166. The van der Waals surface area contributed by atoms with Gasteiger partial charge in [0, 0.05) is 45.2 Å². The largest absolute Gasteiger partial charge is 0.493 e. The minimum atomic E-state index is -0.490. The fraction of sp³-hybridized carbons (Fsp3) is 0.458. The lowest BCUT2D eigenvalue weighted by molar-refractivity contribution is 0.172. The highest BCUT2D eigenvalue weighted by Gasteiger charge is 2.08. The molecule has 0 spiro atoms. The van der Waals surface area contributed by atoms with E-state index in [4.69, 9.17) is 9.47 Å². The lowest BCUT2D eigenvalue weighted by Crippen LogP contribution is -2.41. The van der Waals surface area contributed by atoms with Gasteiger partial charge in [-0.25, -0.2) is 4.99 Å². The van der Waals surface area contributed by atoms with E-state index in [1.165, 1.54) is 0 Å². The summed E-state index contributed by atoms with van der Waals surface area (Å²) < 4.78 is 11.0. The van der Waals surface area contributed by atoms with Crippen LogP contribution in [-0.2, 0) is 17.7 Å². The van der Waals surface area contributed by atoms with Crippen molar-refractivity contribution in [3.05, 3.63) is 65.2 Å². The number of rotatable bonds is 12. The van der Waals surface area contributed by atoms with Crippen molar-refractivity contribution in [3.8, 4) is 5.75 Å². The number of aliphatic hydroxyl groups is 1. The van der Waals surface area contributed by atoms with Crippen LogP contribution in [0.4, 0.5) is 0 Å². The average molecular weight is 541 g/mol. The van der Waals surface area contributed by atoms with Crippen molar-refractivity contribution >= 4 is 29.9 Å². The van der Waals surface area contributed by atoms with Gasteiger partial charge in [-0.1, -0.05) is 42.5 Å². The molecule has 1 unspecified atom stereocenters. The van der Waals surface area contributed by atoms with Gasteiger partial charge < -0.3 is 25.2 Å². The molecule has 0 saturated heterocycles. The van der Waals surface area contributed by atoms with Gasteiger partial charge in [-0.15, -0.1) is 24.0 Å². The number of benzene rings is 2. The van der Waals surface area contributed by atoms with Crippen LogP contribution in [0.25, 0.3) is 0 Å². The zero-order valence-corrected chi connectivity index (χ0v) is 21.1. The topological polar surface area (TPSA) is 75.1 Å². The van der Waals surface area contributed by atoms with E-state index >= 15 is 0 Å². The molecule has 7 heteroatoms. The summed E-state index contributed by atoms with van der Waals surface area (Å²) >= 11 is 0. The van der Waals surface area contributed by atoms with Crippen molar-refractivity contribution in [2.45, 2.75) is 39.3 Å². The summed E-state index contributed by atoms with van der Waals surface area (Å²) in [4.78, 5) is 4.68. The average Bonchev–Trinajstić information content (AvgIpc) is 2.75. The standard InChI is InChI=1S/C24H35N3O3.HI/c1-4-25-24(27-18-22(28)16-20-9-6-5-7-10-20)26-17-21-12-11-19(2)15-23(21)30-14-8-13-29-3;/h5-7,9-12,15,22,28H,4,8,13-14,16-18H2,1-3H3,(H2,25,26,27);1H. The predicted molar refractivity (Wildman–Crippen MR) is 138 cm³/mol. The first-order valence-electron chi connectivity index (χ1n) is 10.6. The highest BCUT2D eigenvalue weighted by Crippen LogP contribution is 2.21. The van der Waals surface area contributed by atoms with E-state index in [0.717, 1.165) is 35.4 Å². The highest BCUT2D eigenvalue weighted by molar-refractivity contribution is 14.0. The van der Waals surface area contributed by atoms with Crippen LogP contribution < -0.4 is 15.4 Å². The van der Waals surface area contributed by atoms with Crippen LogP contribution in [0.5, 0.6) is 5.75 Å². The van der Waals surface area contributed by atoms with Crippen LogP contribution in [-0.4, -0.2) is 50.6 Å². The van der Waals surface area contributed by atoms with Gasteiger partial charge in [-0.2, -0.15) is 0 Å². The fourth-order valence-electron chi connectivity index (χ4n) is 2.99. The third-order valence-electron chi connectivity index (χ3n) is 4.54. The number of hydrogen-bond donors (Lipinski definition) is 3. The van der Waals surface area contributed by atoms with E-state index in [0.29, 0.717) is 38.7 Å². The molecule has 2 aromatic rings. The Bertz CT molecular complexity index is 772. The number of guanidine groups is 1. The Kier molecular flexibility index (Phi) is 13.9. The Labute approximate surface area is 203 Å². The third-order valence-corrected chi connectivity index (χ3v) is 4.54. The molecule has 0 aliphatic rings. The number of nitrogens with one attached hydrogen (secondary N) is 2. The molecule has 0 heterocycles. The first-order chi connectivity index (χ1) is 14.6. The first-order valence-corrected chi connectivity index (χ1v) is 10.6. The minimum absolute atomic E-state index is 0. The number of ether oxygens (including phenoxy) is 2. The number of aryl methyl sites for hydroxylation is 1. The van der Waals surface area contributed by atoms with E-state index < -0.39 is 6.10 Å². The lowest BCUT2D eigenvalue weighted by Gasteiger charge is -2.16. The Morgan fingerprint density at radius 1 is 1.10 bits per heavy atom. The van der Waals surface area contributed by atoms with Gasteiger partial charge in [0.1, 0.15) is 5.75 Å². The number of methoxy groups -OCH3 is 1. The van der Waals surface area contributed by atoms with Gasteiger partial charge in [-0.05, 0) is 31.0 Å². The Morgan fingerprint density at radius 3 is 2.58 bits per heavy atom. The van der Waals surface area contributed by atoms with Crippen molar-refractivity contribution in [1.82, 2.24) is 10.6 Å². The zero-order chi connectivity index (χ0) is 21.6. The number of nitrogens with zero attached hydrogens (tertiary/aromatic N) is 1. The maximum atomic E-state index is 10.3. The second-order valence-corrected chi connectivity index (χ2v) is 7.23. The fourth-order valence-corrected chi connectivity index (χ4v) is 2.99. The van der Waals surface area contributed by atoms with Crippen LogP contribution in [0.15, 0.2) is 53.5 Å². The van der Waals surface area contributed by atoms with Crippen molar-refractivity contribution in [3.63, 3.8) is 0 Å². The lowest BCUT2D eigenvalue weighted by atomic mass is 10.1. The summed E-state index contributed by atoms with van der Waals surface area (Å²) in [5.74, 6) is 1.53. The molecule has 6 nitrogen and oxygen atoms in total. The van der Waals surface area contributed by atoms with E-state index in [2.05, 4.69) is 34.7 Å². The second kappa shape index (κ2) is 15.9. The first kappa shape index (κ1) is 27.2. The summed E-state index contributed by atoms with van der Waals surface area (Å²) in [6, 6.07) is 16.2. The predicted octanol–water partition coefficient (Wildman–Crippen LogP) is 3.69. The van der Waals surface area contributed by atoms with Gasteiger partial charge in [0.2, 0.25) is 0 Å². The Balaban J connectivity index is 0.00000480. The number of halogens is 1. The molecule has 0 radical (unpaired) electrons. The van der Waals surface area contributed by atoms with Crippen molar-refractivity contribution in [1.29, 1.82) is 0 Å². The number of aliphatic hydroxyl groups excluding tert-OH is 1. The van der Waals surface area contributed by atoms with E-state index in [1.54, 1.807) is 7.11 Å². The van der Waals surface area contributed by atoms with Crippen LogP contribution in [0.1, 0.15) is 30.0 Å². The normalized spacial score (nSPS) is 12.1. The molecule has 0 bridgehead atoms. The van der Waals surface area contributed by atoms with Gasteiger partial charge in [0.15, 0.2) is 5.96 Å². The van der Waals surface area contributed by atoms with Crippen LogP contribution in [0, 0.1) is 6.92 Å². The molecular weight excluding hydrogens is 505 g/mol. The van der Waals surface area contributed by atoms with Crippen LogP contribution in [0.3, 0.4) is 0 Å². The molecule has 2 rings (SSSR count). The van der Waals surface area contributed by atoms with Gasteiger partial charge in [0.25, 0.3) is 0 Å². The highest BCUT2D eigenvalue weighted by atomic mass is 127. The maximum Gasteiger partial charge on any atom is 0.191 e. The van der Waals surface area contributed by atoms with Gasteiger partial charge >= 0.3 is 0 Å². The zero-order valence-electron chi connectivity index (χ0n) is 18.8. The monoisotopic (exact) mass is 541 g/mol. The molecule has 2 aromatic carbocycles. The molecule has 0 fully saturated rings. The van der Waals surface area contributed by atoms with Crippen molar-refractivity contribution < 1.29 is 14.6 Å². The smallest absolute Gasteiger partial charge is 0.191 e. The summed E-state index contributed by atoms with van der Waals surface area (Å²) in [7, 11) is 1.69. The molecule has 0 aliphatic carbocycles. The summed E-state index contributed by atoms with van der Waals surface area (Å²) in [5.41, 5.74) is 3.29. The second-order valence-electron chi connectivity index (χ2n) is 7.23. The Hall–Kier alpha value is -1.84. The Morgan fingerprint density at radius 2 is 1.87 bits per heavy atom. The molecule has 0 amide bonds. The van der Waals surface area contributed by atoms with Crippen molar-refractivity contribution in [2.24, 2.45) is 4.99 Å². The van der Waals surface area contributed by atoms with Crippen molar-refractivity contribution in [2.75, 3.05) is 33.4 Å². The molecule has 172 valence electrons. The SMILES string of the molecule is CCNC(=NCc1ccc(C)cc1OCCCOC)NCC(O)Cc1ccccc1.I. The van der Waals surface area contributed by atoms with E-state index in [-0.39, 0.29) is 24.0 Å². The van der Waals surface area contributed by atoms with Gasteiger partial charge in [-0.3, -0.25) is 0 Å². The molecule has 0 aromatic heterocycles. The van der Waals surface area contributed by atoms with Gasteiger partial charge in [0.05, 0.1) is 19.3 Å².